The first-order valence-electron chi connectivity index (χ1n) is 18.8. The quantitative estimate of drug-likeness (QED) is 0.0271. The maximum absolute atomic E-state index is 11.6. The second-order valence-electron chi connectivity index (χ2n) is 12.5. The van der Waals surface area contributed by atoms with Gasteiger partial charge in [-0.3, -0.25) is 0 Å². The lowest BCUT2D eigenvalue weighted by Gasteiger charge is -2.19. The van der Waals surface area contributed by atoms with Crippen LogP contribution in [0.25, 0.3) is 44.2 Å². The summed E-state index contributed by atoms with van der Waals surface area (Å²) in [6.45, 7) is 14.5. The highest BCUT2D eigenvalue weighted by Gasteiger charge is 2.17. The zero-order valence-corrected chi connectivity index (χ0v) is 32.9. The van der Waals surface area contributed by atoms with Gasteiger partial charge in [0.2, 0.25) is 0 Å². The second-order valence-corrected chi connectivity index (χ2v) is 12.5. The molecule has 0 N–H and O–H groups in total. The molecular weight excluding hydrogens is 769 g/mol. The van der Waals surface area contributed by atoms with E-state index in [2.05, 4.69) is 38.4 Å². The Kier molecular flexibility index (Phi) is 16.2. The lowest BCUT2D eigenvalue weighted by molar-refractivity contribution is -0.139. The molecule has 0 atom stereocenters. The van der Waals surface area contributed by atoms with Crippen LogP contribution in [0.2, 0.25) is 0 Å². The predicted octanol–water partition coefficient (Wildman–Crippen LogP) is 8.27. The smallest absolute Gasteiger partial charge is 0.330 e. The highest BCUT2D eigenvalue weighted by Crippen LogP contribution is 2.43. The summed E-state index contributed by atoms with van der Waals surface area (Å²) in [4.78, 5) is 46.0. The van der Waals surface area contributed by atoms with E-state index in [1.807, 2.05) is 84.9 Å². The molecule has 0 bridgehead atoms. The fraction of sp³-hybridized carbons (Fsp3) is 0.167. The number of benzene rings is 5. The molecule has 12 nitrogen and oxygen atoms in total. The van der Waals surface area contributed by atoms with Crippen LogP contribution in [0.5, 0.6) is 23.0 Å². The first-order chi connectivity index (χ1) is 29.2. The number of carbonyl (C=O) groups is 4. The van der Waals surface area contributed by atoms with Crippen molar-refractivity contribution in [2.45, 2.75) is 0 Å². The molecule has 308 valence electrons. The summed E-state index contributed by atoms with van der Waals surface area (Å²) in [7, 11) is 0. The maximum atomic E-state index is 11.6. The molecule has 0 spiro atoms. The average Bonchev–Trinajstić information content (AvgIpc) is 3.28. The van der Waals surface area contributed by atoms with Crippen LogP contribution in [0.15, 0.2) is 148 Å². The minimum Gasteiger partial charge on any atom is -0.490 e. The third-order valence-electron chi connectivity index (χ3n) is 8.61. The van der Waals surface area contributed by atoms with E-state index in [0.29, 0.717) is 23.0 Å². The van der Waals surface area contributed by atoms with Gasteiger partial charge >= 0.3 is 23.9 Å². The topological polar surface area (TPSA) is 142 Å². The van der Waals surface area contributed by atoms with E-state index in [1.165, 1.54) is 0 Å². The molecule has 0 unspecified atom stereocenters. The van der Waals surface area contributed by atoms with Gasteiger partial charge in [-0.15, -0.1) is 0 Å². The molecule has 0 saturated heterocycles. The van der Waals surface area contributed by atoms with E-state index in [4.69, 9.17) is 37.9 Å². The fourth-order valence-corrected chi connectivity index (χ4v) is 5.82. The minimum atomic E-state index is -0.544. The fourth-order valence-electron chi connectivity index (χ4n) is 5.82. The van der Waals surface area contributed by atoms with Gasteiger partial charge < -0.3 is 37.9 Å². The third-order valence-corrected chi connectivity index (χ3v) is 8.61. The molecule has 5 aromatic carbocycles. The monoisotopic (exact) mass is 812 g/mol. The van der Waals surface area contributed by atoms with Gasteiger partial charge in [-0.25, -0.2) is 19.2 Å². The van der Waals surface area contributed by atoms with Crippen molar-refractivity contribution in [2.24, 2.45) is 0 Å². The summed E-state index contributed by atoms with van der Waals surface area (Å²) < 4.78 is 43.8. The Morgan fingerprint density at radius 2 is 0.700 bits per heavy atom. The van der Waals surface area contributed by atoms with Gasteiger partial charge in [0.1, 0.15) is 75.9 Å². The summed E-state index contributed by atoms with van der Waals surface area (Å²) in [6, 6.07) is 30.8. The molecule has 0 aliphatic heterocycles. The van der Waals surface area contributed by atoms with Gasteiger partial charge in [0.15, 0.2) is 0 Å². The molecule has 0 aliphatic carbocycles. The number of ether oxygens (including phenoxy) is 8. The predicted molar refractivity (Wildman–Crippen MR) is 227 cm³/mol. The lowest BCUT2D eigenvalue weighted by Crippen LogP contribution is -2.10. The summed E-state index contributed by atoms with van der Waals surface area (Å²) in [5, 5.41) is 1.83. The lowest BCUT2D eigenvalue weighted by atomic mass is 9.87. The van der Waals surface area contributed by atoms with Gasteiger partial charge in [0.05, 0.1) is 0 Å². The highest BCUT2D eigenvalue weighted by atomic mass is 16.6. The molecule has 0 aromatic heterocycles. The van der Waals surface area contributed by atoms with Gasteiger partial charge in [-0.2, -0.15) is 0 Å². The van der Waals surface area contributed by atoms with Crippen molar-refractivity contribution in [3.05, 3.63) is 148 Å². The van der Waals surface area contributed by atoms with E-state index >= 15 is 0 Å². The Hall–Kier alpha value is -7.60. The summed E-state index contributed by atoms with van der Waals surface area (Å²) in [5.74, 6) is 0.183. The van der Waals surface area contributed by atoms with E-state index in [9.17, 15) is 19.2 Å². The molecule has 0 amide bonds. The first-order valence-corrected chi connectivity index (χ1v) is 18.8. The molecule has 0 heterocycles. The molecule has 0 fully saturated rings. The number of hydrogen-bond acceptors (Lipinski definition) is 12. The van der Waals surface area contributed by atoms with Crippen molar-refractivity contribution in [1.29, 1.82) is 0 Å². The van der Waals surface area contributed by atoms with Gasteiger partial charge in [0.25, 0.3) is 0 Å². The number of rotatable bonds is 23. The Bertz CT molecular complexity index is 2330. The van der Waals surface area contributed by atoms with Crippen LogP contribution in [0.3, 0.4) is 0 Å². The summed E-state index contributed by atoms with van der Waals surface area (Å²) >= 11 is 0. The molecule has 0 radical (unpaired) electrons. The Labute approximate surface area is 347 Å². The molecule has 5 rings (SSSR count). The summed E-state index contributed by atoms with van der Waals surface area (Å²) in [6.07, 6.45) is 4.38. The van der Waals surface area contributed by atoms with Crippen molar-refractivity contribution in [2.75, 3.05) is 52.9 Å². The van der Waals surface area contributed by atoms with Crippen LogP contribution in [-0.2, 0) is 38.1 Å². The minimum absolute atomic E-state index is 0.0334. The van der Waals surface area contributed by atoms with Crippen LogP contribution in [0.1, 0.15) is 0 Å². The molecule has 5 aromatic rings. The standard InChI is InChI=1S/C48H44O12/c1-5-45(49)57-25-21-53-37-14-9-33(10-15-37)42-30-35-13-18-39(55-23-27-59-47(51)7-3)29-36(35)31-44(42)41-20-19-40(56-24-28-60-48(52)8-4)32-43(41)34-11-16-38(17-12-34)54-22-26-58-46(50)6-2/h5-20,29-32H,1-4,21-28H2. The second kappa shape index (κ2) is 22.4. The SMILES string of the molecule is C=CC(=O)OCCOc1ccc(-c2cc(OCCOC(=O)C=C)ccc2-c2cc3cc(OCCOC(=O)C=C)ccc3cc2-c2ccc(OCCOC(=O)C=C)cc2)cc1. The van der Waals surface area contributed by atoms with Crippen LogP contribution < -0.4 is 18.9 Å². The van der Waals surface area contributed by atoms with Crippen molar-refractivity contribution in [3.8, 4) is 56.4 Å². The summed E-state index contributed by atoms with van der Waals surface area (Å²) in [5.41, 5.74) is 5.24. The van der Waals surface area contributed by atoms with Crippen LogP contribution >= 0.6 is 0 Å². The Morgan fingerprint density at radius 3 is 1.13 bits per heavy atom. The number of esters is 4. The van der Waals surface area contributed by atoms with Gasteiger partial charge in [-0.05, 0) is 105 Å². The van der Waals surface area contributed by atoms with E-state index < -0.39 is 23.9 Å². The molecule has 60 heavy (non-hydrogen) atoms. The average molecular weight is 813 g/mol. The van der Waals surface area contributed by atoms with Crippen molar-refractivity contribution in [3.63, 3.8) is 0 Å². The zero-order valence-electron chi connectivity index (χ0n) is 32.9. The zero-order chi connectivity index (χ0) is 42.7. The Morgan fingerprint density at radius 1 is 0.350 bits per heavy atom. The number of fused-ring (bicyclic) bond motifs is 1. The molecule has 12 heteroatoms. The largest absolute Gasteiger partial charge is 0.490 e. The normalized spacial score (nSPS) is 10.4. The van der Waals surface area contributed by atoms with E-state index in [1.54, 1.807) is 0 Å². The Balaban J connectivity index is 1.54. The maximum Gasteiger partial charge on any atom is 0.330 e. The van der Waals surface area contributed by atoms with Crippen molar-refractivity contribution in [1.82, 2.24) is 0 Å². The van der Waals surface area contributed by atoms with Crippen LogP contribution in [-0.4, -0.2) is 76.7 Å². The van der Waals surface area contributed by atoms with Crippen molar-refractivity contribution < 1.29 is 57.1 Å². The highest BCUT2D eigenvalue weighted by molar-refractivity contribution is 6.00. The first kappa shape index (κ1) is 43.5. The van der Waals surface area contributed by atoms with Crippen LogP contribution in [0, 0.1) is 0 Å². The number of carbonyl (C=O) groups excluding carboxylic acids is 4. The number of hydrogen-bond donors (Lipinski definition) is 0. The third kappa shape index (κ3) is 12.7. The molecular formula is C48H44O12. The van der Waals surface area contributed by atoms with E-state index in [0.717, 1.165) is 68.5 Å². The van der Waals surface area contributed by atoms with Gasteiger partial charge in [0, 0.05) is 24.3 Å². The molecule has 0 saturated carbocycles. The van der Waals surface area contributed by atoms with E-state index in [-0.39, 0.29) is 52.9 Å². The van der Waals surface area contributed by atoms with Crippen LogP contribution in [0.4, 0.5) is 0 Å². The molecule has 0 aliphatic rings. The van der Waals surface area contributed by atoms with Gasteiger partial charge in [-0.1, -0.05) is 62.7 Å². The van der Waals surface area contributed by atoms with Crippen molar-refractivity contribution >= 4 is 34.6 Å².